The fraction of sp³-hybridized carbons (Fsp3) is 0.353. The fourth-order valence-corrected chi connectivity index (χ4v) is 6.86. The number of methoxy groups -OCH3 is 1. The lowest BCUT2D eigenvalue weighted by molar-refractivity contribution is -0.140. The lowest BCUT2D eigenvalue weighted by Crippen LogP contribution is -2.55. The molecule has 1 saturated heterocycles. The van der Waals surface area contributed by atoms with Crippen LogP contribution in [0.3, 0.4) is 0 Å². The number of carboxylic acid groups (broad SMARTS) is 1. The smallest absolute Gasteiger partial charge is 0.322 e. The monoisotopic (exact) mass is 646 g/mol. The van der Waals surface area contributed by atoms with Gasteiger partial charge in [-0.2, -0.15) is 17.4 Å². The normalized spacial score (nSPS) is 16.1. The van der Waals surface area contributed by atoms with Gasteiger partial charge in [0, 0.05) is 49.5 Å². The number of carboxylic acids is 1. The molecule has 3 aromatic rings. The van der Waals surface area contributed by atoms with Crippen LogP contribution in [0.5, 0.6) is 11.5 Å². The molecule has 0 unspecified atom stereocenters. The van der Waals surface area contributed by atoms with E-state index in [9.17, 15) is 23.1 Å². The Bertz CT molecular complexity index is 1740. The minimum absolute atomic E-state index is 0.117. The number of amides is 1. The second-order valence-corrected chi connectivity index (χ2v) is 13.2. The quantitative estimate of drug-likeness (QED) is 0.340. The van der Waals surface area contributed by atoms with Gasteiger partial charge in [0.2, 0.25) is 0 Å². The van der Waals surface area contributed by atoms with Crippen molar-refractivity contribution in [2.75, 3.05) is 51.3 Å². The number of ether oxygens (including phenoxy) is 2. The van der Waals surface area contributed by atoms with E-state index < -0.39 is 22.2 Å². The van der Waals surface area contributed by atoms with Gasteiger partial charge in [0.05, 0.1) is 19.2 Å². The van der Waals surface area contributed by atoms with E-state index in [2.05, 4.69) is 21.5 Å². The van der Waals surface area contributed by atoms with Gasteiger partial charge in [0.1, 0.15) is 24.1 Å². The van der Waals surface area contributed by atoms with E-state index in [1.165, 1.54) is 4.31 Å². The van der Waals surface area contributed by atoms with Crippen LogP contribution < -0.4 is 19.1 Å². The average molecular weight is 647 g/mol. The van der Waals surface area contributed by atoms with Gasteiger partial charge in [-0.15, -0.1) is 0 Å². The molecule has 0 aromatic heterocycles. The van der Waals surface area contributed by atoms with Crippen LogP contribution in [0, 0.1) is 17.8 Å². The third-order valence-electron chi connectivity index (χ3n) is 7.99. The minimum Gasteiger partial charge on any atom is -0.497 e. The number of hydrogen-bond donors (Lipinski definition) is 2. The molecule has 46 heavy (non-hydrogen) atoms. The Hall–Kier alpha value is -4.57. The molecule has 2 aliphatic rings. The summed E-state index contributed by atoms with van der Waals surface area (Å²) in [5, 5.41) is 9.37. The molecule has 11 nitrogen and oxygen atoms in total. The number of benzene rings is 3. The molecule has 1 atom stereocenters. The number of nitrogens with zero attached hydrogens (tertiary/aromatic N) is 3. The third-order valence-corrected chi connectivity index (χ3v) is 9.59. The molecule has 0 saturated carbocycles. The number of rotatable bonds is 9. The molecular weight excluding hydrogens is 608 g/mol. The molecule has 1 fully saturated rings. The highest BCUT2D eigenvalue weighted by molar-refractivity contribution is 7.87. The summed E-state index contributed by atoms with van der Waals surface area (Å²) in [5.74, 6) is 5.90. The molecule has 12 heteroatoms. The lowest BCUT2D eigenvalue weighted by atomic mass is 10.1. The van der Waals surface area contributed by atoms with Crippen LogP contribution in [0.4, 0.5) is 5.69 Å². The van der Waals surface area contributed by atoms with Gasteiger partial charge in [0.15, 0.2) is 0 Å². The Morgan fingerprint density at radius 1 is 0.978 bits per heavy atom. The summed E-state index contributed by atoms with van der Waals surface area (Å²) < 4.78 is 40.4. The van der Waals surface area contributed by atoms with Crippen molar-refractivity contribution in [1.29, 1.82) is 0 Å². The number of piperazine rings is 1. The van der Waals surface area contributed by atoms with Crippen molar-refractivity contribution in [3.63, 3.8) is 0 Å². The van der Waals surface area contributed by atoms with E-state index in [1.807, 2.05) is 54.6 Å². The van der Waals surface area contributed by atoms with Crippen LogP contribution in [0.2, 0.25) is 0 Å². The van der Waals surface area contributed by atoms with E-state index in [0.717, 1.165) is 22.6 Å². The maximum Gasteiger partial charge on any atom is 0.322 e. The van der Waals surface area contributed by atoms with E-state index in [-0.39, 0.29) is 24.9 Å². The van der Waals surface area contributed by atoms with Crippen LogP contribution >= 0.6 is 0 Å². The number of carbonyl (C=O) groups is 2. The van der Waals surface area contributed by atoms with Crippen molar-refractivity contribution < 1.29 is 32.6 Å². The molecule has 0 radical (unpaired) electrons. The van der Waals surface area contributed by atoms with Crippen LogP contribution in [0.1, 0.15) is 40.9 Å². The van der Waals surface area contributed by atoms with Gasteiger partial charge in [-0.05, 0) is 66.1 Å². The summed E-state index contributed by atoms with van der Waals surface area (Å²) in [6, 6.07) is 19.6. The largest absolute Gasteiger partial charge is 0.497 e. The third kappa shape index (κ3) is 7.80. The standard InChI is InChI=1S/C34H38N4O7S/c1-24(2)32(34(40)41)35-46(42,43)38-17-15-36(16-18-38)28-12-9-25(10-13-28)7-8-26-11-14-31-30(22-26)33(39)37(19-20-45-31)23-27-5-4-6-29(21-27)44-3/h4-6,9-14,21-22,24,32,35H,15-20,23H2,1-3H3,(H,40,41)/t32-/m1/s1. The van der Waals surface area contributed by atoms with E-state index in [0.29, 0.717) is 49.7 Å². The summed E-state index contributed by atoms with van der Waals surface area (Å²) in [6.07, 6.45) is 0. The van der Waals surface area contributed by atoms with Crippen molar-refractivity contribution in [3.05, 3.63) is 89.0 Å². The topological polar surface area (TPSA) is 129 Å². The van der Waals surface area contributed by atoms with Crippen LogP contribution in [-0.4, -0.2) is 87.1 Å². The molecule has 3 aromatic carbocycles. The number of fused-ring (bicyclic) bond motifs is 1. The first-order valence-corrected chi connectivity index (χ1v) is 16.5. The maximum absolute atomic E-state index is 13.5. The molecule has 2 aliphatic heterocycles. The maximum atomic E-state index is 13.5. The van der Waals surface area contributed by atoms with Gasteiger partial charge in [-0.1, -0.05) is 37.8 Å². The summed E-state index contributed by atoms with van der Waals surface area (Å²) in [6.45, 7) is 6.02. The van der Waals surface area contributed by atoms with Crippen LogP contribution in [-0.2, 0) is 21.5 Å². The highest BCUT2D eigenvalue weighted by Gasteiger charge is 2.33. The summed E-state index contributed by atoms with van der Waals surface area (Å²) in [7, 11) is -2.31. The number of aliphatic carboxylic acids is 1. The Balaban J connectivity index is 1.21. The lowest BCUT2D eigenvalue weighted by Gasteiger charge is -2.36. The van der Waals surface area contributed by atoms with E-state index in [4.69, 9.17) is 9.47 Å². The zero-order chi connectivity index (χ0) is 32.8. The van der Waals surface area contributed by atoms with Gasteiger partial charge >= 0.3 is 5.97 Å². The molecule has 1 amide bonds. The van der Waals surface area contributed by atoms with E-state index in [1.54, 1.807) is 38.0 Å². The molecular formula is C34H38N4O7S. The molecule has 2 heterocycles. The van der Waals surface area contributed by atoms with Crippen LogP contribution in [0.25, 0.3) is 0 Å². The zero-order valence-corrected chi connectivity index (χ0v) is 26.9. The Morgan fingerprint density at radius 2 is 1.67 bits per heavy atom. The number of carbonyl (C=O) groups excluding carboxylic acids is 1. The van der Waals surface area contributed by atoms with Gasteiger partial charge in [-0.25, -0.2) is 0 Å². The second-order valence-electron chi connectivity index (χ2n) is 11.5. The first-order chi connectivity index (χ1) is 22.0. The minimum atomic E-state index is -3.93. The van der Waals surface area contributed by atoms with Crippen molar-refractivity contribution >= 4 is 27.8 Å². The number of hydrogen-bond acceptors (Lipinski definition) is 7. The van der Waals surface area contributed by atoms with Crippen molar-refractivity contribution in [1.82, 2.24) is 13.9 Å². The molecule has 2 N–H and O–H groups in total. The predicted octanol–water partition coefficient (Wildman–Crippen LogP) is 3.20. The van der Waals surface area contributed by atoms with Crippen LogP contribution in [0.15, 0.2) is 66.7 Å². The second kappa shape index (κ2) is 14.2. The Morgan fingerprint density at radius 3 is 2.35 bits per heavy atom. The number of anilines is 1. The molecule has 242 valence electrons. The molecule has 0 spiro atoms. The van der Waals surface area contributed by atoms with Crippen molar-refractivity contribution in [2.45, 2.75) is 26.4 Å². The molecule has 0 aliphatic carbocycles. The molecule has 0 bridgehead atoms. The number of nitrogens with one attached hydrogen (secondary N) is 1. The highest BCUT2D eigenvalue weighted by atomic mass is 32.2. The summed E-state index contributed by atoms with van der Waals surface area (Å²) >= 11 is 0. The van der Waals surface area contributed by atoms with Crippen molar-refractivity contribution in [3.8, 4) is 23.3 Å². The zero-order valence-electron chi connectivity index (χ0n) is 26.1. The Kier molecular flexibility index (Phi) is 10.2. The first kappa shape index (κ1) is 32.8. The first-order valence-electron chi connectivity index (χ1n) is 15.1. The summed E-state index contributed by atoms with van der Waals surface area (Å²) in [4.78, 5) is 28.8. The van der Waals surface area contributed by atoms with Gasteiger partial charge < -0.3 is 24.4 Å². The average Bonchev–Trinajstić information content (AvgIpc) is 3.20. The molecule has 5 rings (SSSR count). The summed E-state index contributed by atoms with van der Waals surface area (Å²) in [5.41, 5.74) is 3.86. The predicted molar refractivity (Wildman–Crippen MR) is 174 cm³/mol. The van der Waals surface area contributed by atoms with E-state index >= 15 is 0 Å². The van der Waals surface area contributed by atoms with Crippen molar-refractivity contribution in [2.24, 2.45) is 5.92 Å². The van der Waals surface area contributed by atoms with Gasteiger partial charge in [-0.3, -0.25) is 9.59 Å². The highest BCUT2D eigenvalue weighted by Crippen LogP contribution is 2.26. The fourth-order valence-electron chi connectivity index (χ4n) is 5.37. The van der Waals surface area contributed by atoms with Gasteiger partial charge in [0.25, 0.3) is 16.1 Å². The Labute approximate surface area is 269 Å². The SMILES string of the molecule is COc1cccc(CN2CCOc3ccc(C#Cc4ccc(N5CCN(S(=O)(=O)N[C@@H](C(=O)O)C(C)C)CC5)cc4)cc3C2=O)c1.